The molecule has 0 spiro atoms. The number of ether oxygens (including phenoxy) is 1. The molecule has 0 aliphatic rings. The minimum Gasteiger partial charge on any atom is -0.496 e. The van der Waals surface area contributed by atoms with Crippen molar-refractivity contribution < 1.29 is 27.8 Å². The van der Waals surface area contributed by atoms with Crippen LogP contribution in [0.25, 0.3) is 27.8 Å². The van der Waals surface area contributed by atoms with E-state index in [0.717, 1.165) is 12.1 Å². The second-order valence-electron chi connectivity index (χ2n) is 6.45. The summed E-state index contributed by atoms with van der Waals surface area (Å²) in [6.07, 6.45) is -0.143. The van der Waals surface area contributed by atoms with Crippen LogP contribution in [-0.2, 0) is 6.18 Å². The molecular formula is C21H14F3N3O3. The Bertz CT molecular complexity index is 1250. The highest BCUT2D eigenvalue weighted by Crippen LogP contribution is 2.37. The Morgan fingerprint density at radius 1 is 1.13 bits per heavy atom. The molecule has 0 fully saturated rings. The van der Waals surface area contributed by atoms with Crippen LogP contribution in [0.3, 0.4) is 0 Å². The molecule has 0 saturated carbocycles. The van der Waals surface area contributed by atoms with Gasteiger partial charge >= 0.3 is 12.1 Å². The Kier molecular flexibility index (Phi) is 4.65. The quantitative estimate of drug-likeness (QED) is 0.519. The van der Waals surface area contributed by atoms with E-state index in [1.807, 2.05) is 0 Å². The molecule has 2 aromatic heterocycles. The third kappa shape index (κ3) is 3.45. The Morgan fingerprint density at radius 2 is 1.93 bits per heavy atom. The highest BCUT2D eigenvalue weighted by molar-refractivity contribution is 5.96. The van der Waals surface area contributed by atoms with Crippen molar-refractivity contribution in [3.8, 4) is 22.7 Å². The molecule has 6 nitrogen and oxygen atoms in total. The van der Waals surface area contributed by atoms with Crippen molar-refractivity contribution in [2.45, 2.75) is 6.18 Å². The smallest absolute Gasteiger partial charge is 0.416 e. The monoisotopic (exact) mass is 413 g/mol. The van der Waals surface area contributed by atoms with Crippen LogP contribution in [0.15, 0.2) is 61.2 Å². The third-order valence-corrected chi connectivity index (χ3v) is 4.62. The van der Waals surface area contributed by atoms with Gasteiger partial charge in [-0.25, -0.2) is 14.8 Å². The summed E-state index contributed by atoms with van der Waals surface area (Å²) in [6, 6.07) is 9.33. The maximum atomic E-state index is 13.3. The molecule has 0 amide bonds. The Morgan fingerprint density at radius 3 is 2.57 bits per heavy atom. The van der Waals surface area contributed by atoms with Crippen LogP contribution in [-0.4, -0.2) is 32.7 Å². The van der Waals surface area contributed by atoms with Gasteiger partial charge in [-0.1, -0.05) is 6.07 Å². The summed E-state index contributed by atoms with van der Waals surface area (Å²) >= 11 is 0. The molecule has 0 saturated heterocycles. The molecule has 4 aromatic rings. The van der Waals surface area contributed by atoms with E-state index < -0.39 is 17.7 Å². The summed E-state index contributed by atoms with van der Waals surface area (Å²) in [4.78, 5) is 19.7. The lowest BCUT2D eigenvalue weighted by molar-refractivity contribution is -0.137. The molecular weight excluding hydrogens is 399 g/mol. The number of alkyl halides is 3. The third-order valence-electron chi connectivity index (χ3n) is 4.62. The summed E-state index contributed by atoms with van der Waals surface area (Å²) in [7, 11) is 1.45. The molecule has 152 valence electrons. The predicted molar refractivity (Wildman–Crippen MR) is 103 cm³/mol. The normalized spacial score (nSPS) is 11.6. The lowest BCUT2D eigenvalue weighted by atomic mass is 10.0. The van der Waals surface area contributed by atoms with Crippen molar-refractivity contribution >= 4 is 16.9 Å². The Balaban J connectivity index is 1.98. The highest BCUT2D eigenvalue weighted by atomic mass is 19.4. The molecule has 2 aromatic carbocycles. The van der Waals surface area contributed by atoms with Crippen molar-refractivity contribution in [3.05, 3.63) is 72.3 Å². The van der Waals surface area contributed by atoms with Crippen molar-refractivity contribution in [2.75, 3.05) is 7.11 Å². The lowest BCUT2D eigenvalue weighted by Gasteiger charge is -2.15. The minimum atomic E-state index is -4.52. The molecule has 2 heterocycles. The summed E-state index contributed by atoms with van der Waals surface area (Å²) in [5, 5.41) is 9.84. The number of aromatic carboxylic acids is 1. The fourth-order valence-electron chi connectivity index (χ4n) is 3.18. The first kappa shape index (κ1) is 19.4. The van der Waals surface area contributed by atoms with Gasteiger partial charge in [-0.15, -0.1) is 0 Å². The number of fused-ring (bicyclic) bond motifs is 1. The van der Waals surface area contributed by atoms with Crippen LogP contribution in [0.4, 0.5) is 13.2 Å². The number of rotatable bonds is 4. The highest BCUT2D eigenvalue weighted by Gasteiger charge is 2.31. The second-order valence-corrected chi connectivity index (χ2v) is 6.45. The molecule has 0 bridgehead atoms. The van der Waals surface area contributed by atoms with E-state index in [9.17, 15) is 23.1 Å². The number of halogens is 3. The zero-order valence-corrected chi connectivity index (χ0v) is 15.5. The second kappa shape index (κ2) is 7.18. The van der Waals surface area contributed by atoms with E-state index in [4.69, 9.17) is 4.74 Å². The molecule has 0 atom stereocenters. The Labute approximate surface area is 168 Å². The average Bonchev–Trinajstić information content (AvgIpc) is 3.26. The lowest BCUT2D eigenvalue weighted by Crippen LogP contribution is -2.07. The molecule has 9 heteroatoms. The van der Waals surface area contributed by atoms with Crippen LogP contribution in [0.5, 0.6) is 5.75 Å². The number of imidazole rings is 1. The molecule has 0 unspecified atom stereocenters. The van der Waals surface area contributed by atoms with Gasteiger partial charge in [0.2, 0.25) is 0 Å². The molecule has 0 radical (unpaired) electrons. The molecule has 0 aliphatic heterocycles. The van der Waals surface area contributed by atoms with Gasteiger partial charge in [0, 0.05) is 29.4 Å². The van der Waals surface area contributed by atoms with Gasteiger partial charge in [0.1, 0.15) is 5.75 Å². The maximum absolute atomic E-state index is 13.3. The van der Waals surface area contributed by atoms with Crippen LogP contribution < -0.4 is 4.74 Å². The number of carbonyl (C=O) groups is 1. The average molecular weight is 413 g/mol. The standard InChI is InChI=1S/C21H14F3N3O3/c1-30-19-10-17(26-16-8-12(20(28)29)2-4-15(16)19)14-5-3-13(21(22,23)24)9-18(14)27-7-6-25-11-27/h2-11H,1H3,(H,28,29). The number of pyridine rings is 1. The minimum absolute atomic E-state index is 0.0384. The van der Waals surface area contributed by atoms with Crippen LogP contribution >= 0.6 is 0 Å². The number of carboxylic acids is 1. The summed E-state index contributed by atoms with van der Waals surface area (Å²) in [5.41, 5.74) is 0.542. The van der Waals surface area contributed by atoms with Gasteiger partial charge in [0.05, 0.1) is 41.5 Å². The fraction of sp³-hybridized carbons (Fsp3) is 0.0952. The first-order valence-corrected chi connectivity index (χ1v) is 8.70. The van der Waals surface area contributed by atoms with E-state index in [1.165, 1.54) is 48.6 Å². The van der Waals surface area contributed by atoms with Crippen LogP contribution in [0, 0.1) is 0 Å². The largest absolute Gasteiger partial charge is 0.496 e. The number of hydrogen-bond acceptors (Lipinski definition) is 4. The van der Waals surface area contributed by atoms with Gasteiger partial charge < -0.3 is 14.4 Å². The molecule has 0 aliphatic carbocycles. The van der Waals surface area contributed by atoms with Crippen molar-refractivity contribution in [2.24, 2.45) is 0 Å². The number of hydrogen-bond donors (Lipinski definition) is 1. The van der Waals surface area contributed by atoms with Gasteiger partial charge in [-0.2, -0.15) is 13.2 Å². The number of carboxylic acid groups (broad SMARTS) is 1. The summed E-state index contributed by atoms with van der Waals surface area (Å²) in [5.74, 6) is -0.694. The first-order valence-electron chi connectivity index (χ1n) is 8.70. The zero-order valence-electron chi connectivity index (χ0n) is 15.5. The topological polar surface area (TPSA) is 77.2 Å². The number of methoxy groups -OCH3 is 1. The summed E-state index contributed by atoms with van der Waals surface area (Å²) in [6.45, 7) is 0. The predicted octanol–water partition coefficient (Wildman–Crippen LogP) is 4.81. The zero-order chi connectivity index (χ0) is 21.5. The number of nitrogens with zero attached hydrogens (tertiary/aromatic N) is 3. The van der Waals surface area contributed by atoms with Gasteiger partial charge in [0.15, 0.2) is 0 Å². The van der Waals surface area contributed by atoms with Crippen molar-refractivity contribution in [3.63, 3.8) is 0 Å². The van der Waals surface area contributed by atoms with Crippen LogP contribution in [0.1, 0.15) is 15.9 Å². The van der Waals surface area contributed by atoms with E-state index in [0.29, 0.717) is 27.9 Å². The Hall–Kier alpha value is -3.88. The van der Waals surface area contributed by atoms with E-state index in [-0.39, 0.29) is 11.3 Å². The fourth-order valence-corrected chi connectivity index (χ4v) is 3.18. The van der Waals surface area contributed by atoms with Gasteiger partial charge in [-0.05, 0) is 30.3 Å². The maximum Gasteiger partial charge on any atom is 0.416 e. The number of benzene rings is 2. The van der Waals surface area contributed by atoms with E-state index >= 15 is 0 Å². The molecule has 4 rings (SSSR count). The van der Waals surface area contributed by atoms with Crippen LogP contribution in [0.2, 0.25) is 0 Å². The SMILES string of the molecule is COc1cc(-c2ccc(C(F)(F)F)cc2-n2ccnc2)nc2cc(C(=O)O)ccc12. The van der Waals surface area contributed by atoms with Gasteiger partial charge in [0.25, 0.3) is 0 Å². The van der Waals surface area contributed by atoms with Crippen molar-refractivity contribution in [1.82, 2.24) is 14.5 Å². The first-order chi connectivity index (χ1) is 14.3. The van der Waals surface area contributed by atoms with E-state index in [2.05, 4.69) is 9.97 Å². The molecule has 1 N–H and O–H groups in total. The molecule has 30 heavy (non-hydrogen) atoms. The van der Waals surface area contributed by atoms with Crippen molar-refractivity contribution in [1.29, 1.82) is 0 Å². The van der Waals surface area contributed by atoms with Gasteiger partial charge in [-0.3, -0.25) is 0 Å². The number of aromatic nitrogens is 3. The summed E-state index contributed by atoms with van der Waals surface area (Å²) < 4.78 is 46.7. The van der Waals surface area contributed by atoms with E-state index in [1.54, 1.807) is 12.1 Å².